The van der Waals surface area contributed by atoms with Crippen LogP contribution in [0.1, 0.15) is 24.5 Å². The van der Waals surface area contributed by atoms with Crippen LogP contribution in [0.5, 0.6) is 5.75 Å². The number of hydrogen-bond donors (Lipinski definition) is 1. The zero-order valence-electron chi connectivity index (χ0n) is 11.0. The average molecular weight is 268 g/mol. The van der Waals surface area contributed by atoms with Crippen molar-refractivity contribution < 1.29 is 4.74 Å². The van der Waals surface area contributed by atoms with Crippen LogP contribution in [-0.4, -0.2) is 25.6 Å². The Balaban J connectivity index is 1.70. The van der Waals surface area contributed by atoms with E-state index in [4.69, 9.17) is 16.3 Å². The summed E-state index contributed by atoms with van der Waals surface area (Å²) in [6.45, 7) is 5.17. The van der Waals surface area contributed by atoms with Crippen molar-refractivity contribution in [1.29, 1.82) is 0 Å². The molecule has 0 saturated heterocycles. The van der Waals surface area contributed by atoms with E-state index < -0.39 is 0 Å². The van der Waals surface area contributed by atoms with Gasteiger partial charge in [-0.15, -0.1) is 11.6 Å². The molecule has 2 nitrogen and oxygen atoms in total. The lowest BCUT2D eigenvalue weighted by atomic mass is 10.1. The van der Waals surface area contributed by atoms with Gasteiger partial charge in [0.1, 0.15) is 5.75 Å². The van der Waals surface area contributed by atoms with Crippen LogP contribution < -0.4 is 10.1 Å². The zero-order valence-corrected chi connectivity index (χ0v) is 11.8. The van der Waals surface area contributed by atoms with Gasteiger partial charge in [0.05, 0.1) is 6.61 Å². The van der Waals surface area contributed by atoms with Crippen LogP contribution in [0.15, 0.2) is 18.2 Å². The molecule has 0 radical (unpaired) electrons. The molecule has 2 rings (SSSR count). The van der Waals surface area contributed by atoms with E-state index in [-0.39, 0.29) is 0 Å². The predicted molar refractivity (Wildman–Crippen MR) is 76.7 cm³/mol. The predicted octanol–water partition coefficient (Wildman–Crippen LogP) is 3.02. The van der Waals surface area contributed by atoms with Gasteiger partial charge in [-0.3, -0.25) is 0 Å². The summed E-state index contributed by atoms with van der Waals surface area (Å²) in [5, 5.41) is 3.50. The highest BCUT2D eigenvalue weighted by atomic mass is 35.5. The molecule has 0 fully saturated rings. The molecule has 0 aromatic heterocycles. The largest absolute Gasteiger partial charge is 0.493 e. The fourth-order valence-electron chi connectivity index (χ4n) is 2.26. The van der Waals surface area contributed by atoms with Crippen LogP contribution in [0.3, 0.4) is 0 Å². The number of benzene rings is 1. The second kappa shape index (κ2) is 7.01. The van der Waals surface area contributed by atoms with Gasteiger partial charge < -0.3 is 10.1 Å². The van der Waals surface area contributed by atoms with Crippen molar-refractivity contribution in [3.8, 4) is 5.75 Å². The number of hydrogen-bond acceptors (Lipinski definition) is 2. The monoisotopic (exact) mass is 267 g/mol. The third kappa shape index (κ3) is 3.89. The van der Waals surface area contributed by atoms with E-state index in [9.17, 15) is 0 Å². The number of fused-ring (bicyclic) bond motifs is 1. The third-order valence-corrected chi connectivity index (χ3v) is 3.66. The molecule has 1 aliphatic rings. The van der Waals surface area contributed by atoms with E-state index in [1.54, 1.807) is 0 Å². The van der Waals surface area contributed by atoms with Gasteiger partial charge in [-0.1, -0.05) is 19.1 Å². The van der Waals surface area contributed by atoms with Gasteiger partial charge in [-0.05, 0) is 49.0 Å². The van der Waals surface area contributed by atoms with Crippen LogP contribution in [0.4, 0.5) is 0 Å². The second-order valence-electron chi connectivity index (χ2n) is 5.08. The minimum atomic E-state index is 0.663. The van der Waals surface area contributed by atoms with Crippen LogP contribution in [0, 0.1) is 5.92 Å². The van der Waals surface area contributed by atoms with E-state index in [0.29, 0.717) is 5.92 Å². The minimum absolute atomic E-state index is 0.663. The first-order valence-electron chi connectivity index (χ1n) is 6.81. The standard InChI is InChI=1S/C15H22ClNO/c1-12(4-7-16)11-17-8-5-13-2-3-15-14(10-13)6-9-18-15/h2-3,10,12,17H,4-9,11H2,1H3. The first-order chi connectivity index (χ1) is 8.79. The summed E-state index contributed by atoms with van der Waals surface area (Å²) in [6, 6.07) is 6.56. The molecule has 0 amide bonds. The van der Waals surface area contributed by atoms with E-state index in [1.165, 1.54) is 11.1 Å². The Morgan fingerprint density at radius 2 is 2.33 bits per heavy atom. The van der Waals surface area contributed by atoms with E-state index in [0.717, 1.165) is 50.6 Å². The lowest BCUT2D eigenvalue weighted by Crippen LogP contribution is -2.23. The SMILES string of the molecule is CC(CCCl)CNCCc1ccc2c(c1)CCO2. The van der Waals surface area contributed by atoms with Crippen LogP contribution in [0.25, 0.3) is 0 Å². The second-order valence-corrected chi connectivity index (χ2v) is 5.46. The fourth-order valence-corrected chi connectivity index (χ4v) is 2.64. The summed E-state index contributed by atoms with van der Waals surface area (Å²) < 4.78 is 5.51. The number of nitrogens with one attached hydrogen (secondary N) is 1. The zero-order chi connectivity index (χ0) is 12.8. The van der Waals surface area contributed by atoms with Gasteiger partial charge in [0.15, 0.2) is 0 Å². The maximum absolute atomic E-state index is 5.72. The molecule has 1 unspecified atom stereocenters. The molecule has 3 heteroatoms. The Hall–Kier alpha value is -0.730. The first kappa shape index (κ1) is 13.7. The third-order valence-electron chi connectivity index (χ3n) is 3.44. The van der Waals surface area contributed by atoms with E-state index in [2.05, 4.69) is 30.4 Å². The Kier molecular flexibility index (Phi) is 5.33. The summed E-state index contributed by atoms with van der Waals surface area (Å²) in [7, 11) is 0. The molecule has 0 aliphatic carbocycles. The smallest absolute Gasteiger partial charge is 0.122 e. The molecule has 1 N–H and O–H groups in total. The lowest BCUT2D eigenvalue weighted by molar-refractivity contribution is 0.357. The Morgan fingerprint density at radius 3 is 3.17 bits per heavy atom. The molecule has 18 heavy (non-hydrogen) atoms. The molecule has 0 bridgehead atoms. The molecule has 1 aliphatic heterocycles. The topological polar surface area (TPSA) is 21.3 Å². The molecule has 1 aromatic rings. The molecule has 0 spiro atoms. The van der Waals surface area contributed by atoms with Crippen LogP contribution in [-0.2, 0) is 12.8 Å². The molecule has 0 saturated carbocycles. The average Bonchev–Trinajstić information content (AvgIpc) is 2.82. The van der Waals surface area contributed by atoms with Crippen molar-refractivity contribution in [2.75, 3.05) is 25.6 Å². The molecular weight excluding hydrogens is 246 g/mol. The number of halogens is 1. The minimum Gasteiger partial charge on any atom is -0.493 e. The van der Waals surface area contributed by atoms with Gasteiger partial charge in [-0.25, -0.2) is 0 Å². The molecular formula is C15H22ClNO. The highest BCUT2D eigenvalue weighted by Crippen LogP contribution is 2.25. The van der Waals surface area contributed by atoms with Gasteiger partial charge >= 0.3 is 0 Å². The molecule has 1 heterocycles. The number of alkyl halides is 1. The highest BCUT2D eigenvalue weighted by Gasteiger charge is 2.11. The van der Waals surface area contributed by atoms with Crippen LogP contribution in [0.2, 0.25) is 0 Å². The Morgan fingerprint density at radius 1 is 1.44 bits per heavy atom. The first-order valence-corrected chi connectivity index (χ1v) is 7.34. The maximum Gasteiger partial charge on any atom is 0.122 e. The summed E-state index contributed by atoms with van der Waals surface area (Å²) in [4.78, 5) is 0. The molecule has 100 valence electrons. The summed E-state index contributed by atoms with van der Waals surface area (Å²) in [6.07, 6.45) is 3.23. The lowest BCUT2D eigenvalue weighted by Gasteiger charge is -2.11. The van der Waals surface area contributed by atoms with Crippen molar-refractivity contribution in [3.63, 3.8) is 0 Å². The summed E-state index contributed by atoms with van der Waals surface area (Å²) >= 11 is 5.72. The van der Waals surface area contributed by atoms with E-state index in [1.807, 2.05) is 0 Å². The van der Waals surface area contributed by atoms with Crippen molar-refractivity contribution in [3.05, 3.63) is 29.3 Å². The van der Waals surface area contributed by atoms with Crippen molar-refractivity contribution >= 4 is 11.6 Å². The Bertz CT molecular complexity index is 381. The fraction of sp³-hybridized carbons (Fsp3) is 0.600. The quantitative estimate of drug-likeness (QED) is 0.606. The summed E-state index contributed by atoms with van der Waals surface area (Å²) in [5.41, 5.74) is 2.76. The van der Waals surface area contributed by atoms with Crippen LogP contribution >= 0.6 is 11.6 Å². The molecule has 1 atom stereocenters. The van der Waals surface area contributed by atoms with Crippen molar-refractivity contribution in [1.82, 2.24) is 5.32 Å². The maximum atomic E-state index is 5.72. The van der Waals surface area contributed by atoms with Gasteiger partial charge in [0.25, 0.3) is 0 Å². The van der Waals surface area contributed by atoms with E-state index >= 15 is 0 Å². The van der Waals surface area contributed by atoms with Crippen molar-refractivity contribution in [2.24, 2.45) is 5.92 Å². The highest BCUT2D eigenvalue weighted by molar-refractivity contribution is 6.17. The number of rotatable bonds is 7. The van der Waals surface area contributed by atoms with Gasteiger partial charge in [0, 0.05) is 12.3 Å². The molecule has 1 aromatic carbocycles. The van der Waals surface area contributed by atoms with Gasteiger partial charge in [0.2, 0.25) is 0 Å². The summed E-state index contributed by atoms with van der Waals surface area (Å²) in [5.74, 6) is 2.49. The Labute approximate surface area is 115 Å². The normalized spacial score (nSPS) is 15.2. The van der Waals surface area contributed by atoms with Crippen molar-refractivity contribution in [2.45, 2.75) is 26.2 Å². The van der Waals surface area contributed by atoms with Gasteiger partial charge in [-0.2, -0.15) is 0 Å². The number of ether oxygens (including phenoxy) is 1.